The van der Waals surface area contributed by atoms with E-state index in [1.165, 1.54) is 0 Å². The largest absolute Gasteiger partial charge is 0.328 e. The van der Waals surface area contributed by atoms with E-state index >= 15 is 0 Å². The van der Waals surface area contributed by atoms with Crippen LogP contribution in [0.3, 0.4) is 0 Å². The molecule has 4 nitrogen and oxygen atoms in total. The van der Waals surface area contributed by atoms with Gasteiger partial charge in [-0.05, 0) is 17.7 Å². The van der Waals surface area contributed by atoms with Crippen LogP contribution in [0.1, 0.15) is 11.1 Å². The minimum atomic E-state index is -2.30. The van der Waals surface area contributed by atoms with Gasteiger partial charge in [-0.3, -0.25) is 0 Å². The highest BCUT2D eigenvalue weighted by atomic mass is 31.2. The fourth-order valence-corrected chi connectivity index (χ4v) is 1.07. The Kier molecular flexibility index (Phi) is 3.81. The maximum atomic E-state index is 8.49. The van der Waals surface area contributed by atoms with E-state index in [1.54, 1.807) is 24.3 Å². The summed E-state index contributed by atoms with van der Waals surface area (Å²) >= 11 is 0. The molecule has 0 aliphatic rings. The lowest BCUT2D eigenvalue weighted by Crippen LogP contribution is -1.87. The van der Waals surface area contributed by atoms with Crippen molar-refractivity contribution < 1.29 is 14.3 Å². The smallest absolute Gasteiger partial charge is 0.327 e. The van der Waals surface area contributed by atoms with Gasteiger partial charge in [-0.2, -0.15) is 5.26 Å². The first-order chi connectivity index (χ1) is 6.22. The molecule has 0 fully saturated rings. The molecule has 0 aliphatic heterocycles. The summed E-state index contributed by atoms with van der Waals surface area (Å²) in [4.78, 5) is 16.9. The lowest BCUT2D eigenvalue weighted by molar-refractivity contribution is 0.246. The van der Waals surface area contributed by atoms with Crippen LogP contribution in [0.25, 0.3) is 0 Å². The van der Waals surface area contributed by atoms with Crippen molar-refractivity contribution in [2.75, 3.05) is 0 Å². The molecule has 0 amide bonds. The third-order valence-corrected chi connectivity index (χ3v) is 1.79. The maximum absolute atomic E-state index is 8.49. The second kappa shape index (κ2) is 4.90. The number of rotatable bonds is 3. The molecule has 0 spiro atoms. The molecule has 5 heteroatoms. The molecule has 1 aromatic carbocycles. The normalized spacial score (nSPS) is 10.0. The third kappa shape index (κ3) is 3.49. The first-order valence-corrected chi connectivity index (χ1v) is 4.68. The highest BCUT2D eigenvalue weighted by molar-refractivity contribution is 7.39. The summed E-state index contributed by atoms with van der Waals surface area (Å²) in [5.74, 6) is 0. The molecule has 0 heterocycles. The Labute approximate surface area is 77.0 Å². The Hall–Kier alpha value is -0.980. The Bertz CT molecular complexity index is 304. The Balaban J connectivity index is 2.55. The molecule has 0 saturated carbocycles. The number of hydrogen-bond acceptors (Lipinski definition) is 4. The van der Waals surface area contributed by atoms with Crippen molar-refractivity contribution in [3.8, 4) is 6.07 Å². The molecule has 0 atom stereocenters. The Morgan fingerprint density at radius 1 is 1.31 bits per heavy atom. The zero-order valence-corrected chi connectivity index (χ0v) is 7.61. The quantitative estimate of drug-likeness (QED) is 0.716. The van der Waals surface area contributed by atoms with Crippen LogP contribution in [-0.4, -0.2) is 9.79 Å². The molecule has 0 unspecified atom stereocenters. The maximum Gasteiger partial charge on any atom is 0.327 e. The van der Waals surface area contributed by atoms with Gasteiger partial charge in [0.25, 0.3) is 0 Å². The fourth-order valence-electron chi connectivity index (χ4n) is 0.808. The van der Waals surface area contributed by atoms with Crippen molar-refractivity contribution in [3.63, 3.8) is 0 Å². The molecular formula is C8H8NO3P. The van der Waals surface area contributed by atoms with Crippen LogP contribution in [0.15, 0.2) is 24.3 Å². The average molecular weight is 197 g/mol. The molecule has 0 saturated heterocycles. The predicted octanol–water partition coefficient (Wildman–Crippen LogP) is 1.29. The molecular weight excluding hydrogens is 189 g/mol. The zero-order valence-electron chi connectivity index (χ0n) is 6.71. The van der Waals surface area contributed by atoms with Crippen LogP contribution in [-0.2, 0) is 11.1 Å². The number of nitriles is 1. The van der Waals surface area contributed by atoms with Gasteiger partial charge >= 0.3 is 8.60 Å². The van der Waals surface area contributed by atoms with Gasteiger partial charge in [0.2, 0.25) is 0 Å². The number of benzene rings is 1. The van der Waals surface area contributed by atoms with Crippen LogP contribution in [0, 0.1) is 11.3 Å². The molecule has 13 heavy (non-hydrogen) atoms. The topological polar surface area (TPSA) is 73.5 Å². The SMILES string of the molecule is N#Cc1ccc(COP(O)O)cc1. The van der Waals surface area contributed by atoms with Gasteiger partial charge in [0.05, 0.1) is 18.2 Å². The van der Waals surface area contributed by atoms with E-state index in [0.717, 1.165) is 5.56 Å². The van der Waals surface area contributed by atoms with E-state index in [0.29, 0.717) is 5.56 Å². The van der Waals surface area contributed by atoms with Crippen molar-refractivity contribution in [1.29, 1.82) is 5.26 Å². The molecule has 0 aliphatic carbocycles. The van der Waals surface area contributed by atoms with E-state index in [-0.39, 0.29) is 6.61 Å². The van der Waals surface area contributed by atoms with Gasteiger partial charge in [0.1, 0.15) is 0 Å². The second-order valence-electron chi connectivity index (χ2n) is 2.33. The van der Waals surface area contributed by atoms with Crippen LogP contribution in [0.4, 0.5) is 0 Å². The van der Waals surface area contributed by atoms with Crippen molar-refractivity contribution >= 4 is 8.60 Å². The molecule has 2 N–H and O–H groups in total. The first-order valence-electron chi connectivity index (χ1n) is 3.52. The van der Waals surface area contributed by atoms with Crippen LogP contribution in [0.2, 0.25) is 0 Å². The average Bonchev–Trinajstić information content (AvgIpc) is 2.15. The van der Waals surface area contributed by atoms with Crippen molar-refractivity contribution in [1.82, 2.24) is 0 Å². The summed E-state index contributed by atoms with van der Waals surface area (Å²) in [5.41, 5.74) is 1.37. The second-order valence-corrected chi connectivity index (χ2v) is 3.10. The summed E-state index contributed by atoms with van der Waals surface area (Å²) in [6.07, 6.45) is 0. The molecule has 1 rings (SSSR count). The van der Waals surface area contributed by atoms with E-state index < -0.39 is 8.60 Å². The molecule has 0 radical (unpaired) electrons. The number of nitrogens with zero attached hydrogens (tertiary/aromatic N) is 1. The van der Waals surface area contributed by atoms with Crippen molar-refractivity contribution in [2.24, 2.45) is 0 Å². The monoisotopic (exact) mass is 197 g/mol. The van der Waals surface area contributed by atoms with Gasteiger partial charge in [-0.15, -0.1) is 0 Å². The summed E-state index contributed by atoms with van der Waals surface area (Å²) in [5, 5.41) is 8.49. The van der Waals surface area contributed by atoms with E-state index in [1.807, 2.05) is 6.07 Å². The van der Waals surface area contributed by atoms with Gasteiger partial charge in [-0.1, -0.05) is 12.1 Å². The van der Waals surface area contributed by atoms with E-state index in [4.69, 9.17) is 15.0 Å². The van der Waals surface area contributed by atoms with Crippen LogP contribution < -0.4 is 0 Å². The lowest BCUT2D eigenvalue weighted by Gasteiger charge is -2.03. The van der Waals surface area contributed by atoms with Gasteiger partial charge in [-0.25, -0.2) is 0 Å². The standard InChI is InChI=1S/C8H8NO3P/c9-5-7-1-3-8(4-2-7)6-12-13(10)11/h1-4,10-11H,6H2. The molecule has 0 aromatic heterocycles. The predicted molar refractivity (Wildman–Crippen MR) is 47.3 cm³/mol. The summed E-state index contributed by atoms with van der Waals surface area (Å²) in [7, 11) is -2.30. The molecule has 1 aromatic rings. The van der Waals surface area contributed by atoms with Crippen molar-refractivity contribution in [3.05, 3.63) is 35.4 Å². The van der Waals surface area contributed by atoms with Crippen molar-refractivity contribution in [2.45, 2.75) is 6.61 Å². The summed E-state index contributed by atoms with van der Waals surface area (Å²) in [6.45, 7) is 0.143. The van der Waals surface area contributed by atoms with Gasteiger partial charge in [0.15, 0.2) is 0 Å². The summed E-state index contributed by atoms with van der Waals surface area (Å²) in [6, 6.07) is 8.69. The van der Waals surface area contributed by atoms with Gasteiger partial charge < -0.3 is 14.3 Å². The molecule has 0 bridgehead atoms. The highest BCUT2D eigenvalue weighted by Crippen LogP contribution is 2.26. The zero-order chi connectivity index (χ0) is 9.68. The number of hydrogen-bond donors (Lipinski definition) is 2. The first kappa shape index (κ1) is 10.1. The molecule has 68 valence electrons. The lowest BCUT2D eigenvalue weighted by atomic mass is 10.2. The van der Waals surface area contributed by atoms with E-state index in [9.17, 15) is 0 Å². The Morgan fingerprint density at radius 3 is 2.38 bits per heavy atom. The van der Waals surface area contributed by atoms with E-state index in [2.05, 4.69) is 4.52 Å². The summed E-state index contributed by atoms with van der Waals surface area (Å²) < 4.78 is 4.59. The van der Waals surface area contributed by atoms with Crippen LogP contribution >= 0.6 is 8.60 Å². The fraction of sp³-hybridized carbons (Fsp3) is 0.125. The van der Waals surface area contributed by atoms with Gasteiger partial charge in [0, 0.05) is 0 Å². The highest BCUT2D eigenvalue weighted by Gasteiger charge is 1.99. The van der Waals surface area contributed by atoms with Crippen LogP contribution in [0.5, 0.6) is 0 Å². The minimum absolute atomic E-state index is 0.143. The minimum Gasteiger partial charge on any atom is -0.328 e. The third-order valence-electron chi connectivity index (χ3n) is 1.43. The Morgan fingerprint density at radius 2 is 1.92 bits per heavy atom.